The number of allylic oxidation sites excluding steroid dienone is 1. The maximum Gasteiger partial charge on any atom is 0.261 e. The second kappa shape index (κ2) is 19.1. The van der Waals surface area contributed by atoms with Gasteiger partial charge in [0.15, 0.2) is 6.10 Å². The van der Waals surface area contributed by atoms with Crippen LogP contribution in [0.25, 0.3) is 0 Å². The second-order valence-corrected chi connectivity index (χ2v) is 8.19. The molecule has 2 amide bonds. The molecule has 0 heterocycles. The minimum Gasteiger partial charge on any atom is -0.486 e. The molecule has 31 heavy (non-hydrogen) atoms. The van der Waals surface area contributed by atoms with Crippen LogP contribution < -0.4 is 11.5 Å². The van der Waals surface area contributed by atoms with E-state index in [2.05, 4.69) is 6.92 Å². The van der Waals surface area contributed by atoms with Crippen molar-refractivity contribution < 1.29 is 29.6 Å². The topological polar surface area (TPSA) is 156 Å². The van der Waals surface area contributed by atoms with E-state index in [0.29, 0.717) is 0 Å². The van der Waals surface area contributed by atoms with Crippen molar-refractivity contribution >= 4 is 11.8 Å². The summed E-state index contributed by atoms with van der Waals surface area (Å²) < 4.78 is 5.10. The summed E-state index contributed by atoms with van der Waals surface area (Å²) >= 11 is 0. The molecule has 0 aromatic carbocycles. The van der Waals surface area contributed by atoms with E-state index < -0.39 is 36.2 Å². The Balaban J connectivity index is 3.81. The average Bonchev–Trinajstić information content (AvgIpc) is 2.74. The third kappa shape index (κ3) is 14.9. The van der Waals surface area contributed by atoms with Gasteiger partial charge in [0.2, 0.25) is 12.0 Å². The lowest BCUT2D eigenvalue weighted by atomic mass is 10.0. The van der Waals surface area contributed by atoms with Crippen molar-refractivity contribution in [1.82, 2.24) is 0 Å². The largest absolute Gasteiger partial charge is 0.486 e. The van der Waals surface area contributed by atoms with Crippen LogP contribution in [0.2, 0.25) is 0 Å². The Kier molecular flexibility index (Phi) is 18.1. The van der Waals surface area contributed by atoms with Crippen LogP contribution in [0.3, 0.4) is 0 Å². The fraction of sp³-hybridized carbons (Fsp3) is 0.826. The standard InChI is InChI=1S/C23H44N2O6/c1-2-3-4-5-6-7-8-9-10-11-12-13-14-15-16-17-31-21(23(25)30)19(27)18(26)20(28)22(24)29/h16-21,26-28H,2-15H2,1H3,(H2,24,29)(H2,25,30)/b17-16+/t18-,19-,20-,21+/m0/s1. The van der Waals surface area contributed by atoms with Crippen molar-refractivity contribution in [2.45, 2.75) is 121 Å². The van der Waals surface area contributed by atoms with Gasteiger partial charge in [-0.1, -0.05) is 84.0 Å². The Morgan fingerprint density at radius 1 is 0.742 bits per heavy atom. The summed E-state index contributed by atoms with van der Waals surface area (Å²) in [5.74, 6) is -2.26. The molecule has 0 radical (unpaired) electrons. The molecular formula is C23H44N2O6. The SMILES string of the molecule is CCCCCCCCCCCCCCC/C=C/O[C@@H](C(N)=O)[C@@H](O)[C@H](O)[C@H](O)C(N)=O. The first-order valence-corrected chi connectivity index (χ1v) is 11.8. The summed E-state index contributed by atoms with van der Waals surface area (Å²) in [6, 6.07) is 0. The number of hydrogen-bond acceptors (Lipinski definition) is 6. The number of aliphatic hydroxyl groups is 3. The van der Waals surface area contributed by atoms with Crippen LogP contribution in [-0.4, -0.2) is 51.5 Å². The number of hydrogen-bond donors (Lipinski definition) is 5. The molecule has 0 aliphatic rings. The Labute approximate surface area is 187 Å². The zero-order valence-corrected chi connectivity index (χ0v) is 19.1. The van der Waals surface area contributed by atoms with Crippen molar-refractivity contribution in [1.29, 1.82) is 0 Å². The van der Waals surface area contributed by atoms with E-state index in [1.807, 2.05) is 0 Å². The maximum absolute atomic E-state index is 11.4. The molecule has 8 nitrogen and oxygen atoms in total. The second-order valence-electron chi connectivity index (χ2n) is 8.19. The van der Waals surface area contributed by atoms with Crippen LogP contribution in [0.4, 0.5) is 0 Å². The molecule has 0 saturated heterocycles. The number of carbonyl (C=O) groups is 2. The minimum absolute atomic E-state index is 0.742. The number of carbonyl (C=O) groups excluding carboxylic acids is 2. The summed E-state index contributed by atoms with van der Waals surface area (Å²) in [6.45, 7) is 2.24. The van der Waals surface area contributed by atoms with E-state index in [9.17, 15) is 24.9 Å². The zero-order chi connectivity index (χ0) is 23.5. The van der Waals surface area contributed by atoms with Crippen LogP contribution in [0.1, 0.15) is 96.8 Å². The summed E-state index contributed by atoms with van der Waals surface area (Å²) in [5.41, 5.74) is 10.0. The van der Waals surface area contributed by atoms with Crippen LogP contribution in [0.5, 0.6) is 0 Å². The van der Waals surface area contributed by atoms with Gasteiger partial charge >= 0.3 is 0 Å². The molecule has 8 heteroatoms. The quantitative estimate of drug-likeness (QED) is 0.135. The minimum atomic E-state index is -2.03. The first kappa shape index (κ1) is 29.4. The van der Waals surface area contributed by atoms with Crippen molar-refractivity contribution in [3.05, 3.63) is 12.3 Å². The lowest BCUT2D eigenvalue weighted by Gasteiger charge is -2.25. The van der Waals surface area contributed by atoms with E-state index >= 15 is 0 Å². The molecule has 0 aliphatic heterocycles. The average molecular weight is 445 g/mol. The van der Waals surface area contributed by atoms with Gasteiger partial charge in [-0.25, -0.2) is 0 Å². The molecule has 0 saturated carbocycles. The number of aliphatic hydroxyl groups excluding tert-OH is 3. The van der Waals surface area contributed by atoms with E-state index in [4.69, 9.17) is 16.2 Å². The van der Waals surface area contributed by atoms with Crippen molar-refractivity contribution in [2.24, 2.45) is 11.5 Å². The van der Waals surface area contributed by atoms with Crippen molar-refractivity contribution in [2.75, 3.05) is 0 Å². The highest BCUT2D eigenvalue weighted by Gasteiger charge is 2.37. The van der Waals surface area contributed by atoms with Gasteiger partial charge in [0.25, 0.3) is 5.91 Å². The molecular weight excluding hydrogens is 400 g/mol. The van der Waals surface area contributed by atoms with Gasteiger partial charge in [-0.2, -0.15) is 0 Å². The van der Waals surface area contributed by atoms with Gasteiger partial charge in [-0.05, 0) is 18.9 Å². The van der Waals surface area contributed by atoms with Crippen LogP contribution in [0.15, 0.2) is 12.3 Å². The van der Waals surface area contributed by atoms with E-state index in [1.165, 1.54) is 76.9 Å². The molecule has 0 aliphatic carbocycles. The first-order chi connectivity index (χ1) is 14.8. The fourth-order valence-electron chi connectivity index (χ4n) is 3.34. The van der Waals surface area contributed by atoms with Crippen LogP contribution in [-0.2, 0) is 14.3 Å². The molecule has 0 rings (SSSR count). The van der Waals surface area contributed by atoms with Crippen LogP contribution >= 0.6 is 0 Å². The number of primary amides is 2. The predicted octanol–water partition coefficient (Wildman–Crippen LogP) is 2.42. The Hall–Kier alpha value is -1.64. The Morgan fingerprint density at radius 3 is 1.61 bits per heavy atom. The molecule has 0 bridgehead atoms. The van der Waals surface area contributed by atoms with Crippen LogP contribution in [0, 0.1) is 0 Å². The molecule has 0 fully saturated rings. The first-order valence-electron chi connectivity index (χ1n) is 11.8. The fourth-order valence-corrected chi connectivity index (χ4v) is 3.34. The smallest absolute Gasteiger partial charge is 0.261 e. The van der Waals surface area contributed by atoms with Gasteiger partial charge in [0, 0.05) is 0 Å². The van der Waals surface area contributed by atoms with Gasteiger partial charge in [-0.15, -0.1) is 0 Å². The Bertz CT molecular complexity index is 500. The zero-order valence-electron chi connectivity index (χ0n) is 19.1. The number of rotatable bonds is 21. The van der Waals surface area contributed by atoms with E-state index in [0.717, 1.165) is 19.3 Å². The molecule has 0 unspecified atom stereocenters. The normalized spacial score (nSPS) is 15.5. The number of amides is 2. The van der Waals surface area contributed by atoms with Gasteiger partial charge in [0.05, 0.1) is 6.26 Å². The molecule has 7 N–H and O–H groups in total. The van der Waals surface area contributed by atoms with Crippen molar-refractivity contribution in [3.8, 4) is 0 Å². The summed E-state index contributed by atoms with van der Waals surface area (Å²) in [4.78, 5) is 22.3. The molecule has 0 aromatic rings. The summed E-state index contributed by atoms with van der Waals surface area (Å²) in [7, 11) is 0. The lowest BCUT2D eigenvalue weighted by molar-refractivity contribution is -0.152. The lowest BCUT2D eigenvalue weighted by Crippen LogP contribution is -2.53. The van der Waals surface area contributed by atoms with E-state index in [-0.39, 0.29) is 0 Å². The molecule has 182 valence electrons. The highest BCUT2D eigenvalue weighted by Crippen LogP contribution is 2.13. The monoisotopic (exact) mass is 444 g/mol. The summed E-state index contributed by atoms with van der Waals surface area (Å²) in [5, 5.41) is 29.0. The third-order valence-corrected chi connectivity index (χ3v) is 5.35. The Morgan fingerprint density at radius 2 is 1.19 bits per heavy atom. The molecule has 4 atom stereocenters. The highest BCUT2D eigenvalue weighted by molar-refractivity contribution is 5.81. The van der Waals surface area contributed by atoms with Crippen molar-refractivity contribution in [3.63, 3.8) is 0 Å². The number of unbranched alkanes of at least 4 members (excludes halogenated alkanes) is 13. The van der Waals surface area contributed by atoms with Gasteiger partial charge < -0.3 is 31.5 Å². The third-order valence-electron chi connectivity index (χ3n) is 5.35. The number of nitrogens with two attached hydrogens (primary N) is 2. The molecule has 0 spiro atoms. The number of ether oxygens (including phenoxy) is 1. The maximum atomic E-state index is 11.4. The van der Waals surface area contributed by atoms with Gasteiger partial charge in [0.1, 0.15) is 12.2 Å². The van der Waals surface area contributed by atoms with Gasteiger partial charge in [-0.3, -0.25) is 9.59 Å². The van der Waals surface area contributed by atoms with E-state index in [1.54, 1.807) is 6.08 Å². The highest BCUT2D eigenvalue weighted by atomic mass is 16.5. The predicted molar refractivity (Wildman–Crippen MR) is 121 cm³/mol. The summed E-state index contributed by atoms with van der Waals surface area (Å²) in [6.07, 6.45) is 12.8. The molecule has 0 aromatic heterocycles.